The van der Waals surface area contributed by atoms with Crippen molar-refractivity contribution in [3.05, 3.63) is 23.4 Å². The maximum absolute atomic E-state index is 5.96. The van der Waals surface area contributed by atoms with E-state index in [1.54, 1.807) is 0 Å². The zero-order valence-corrected chi connectivity index (χ0v) is 13.7. The van der Waals surface area contributed by atoms with Gasteiger partial charge in [0, 0.05) is 39.3 Å². The van der Waals surface area contributed by atoms with Crippen LogP contribution in [0, 0.1) is 0 Å². The smallest absolute Gasteiger partial charge is 0.131 e. The fraction of sp³-hybridized carbons (Fsp3) is 0.688. The average molecular weight is 326 g/mol. The van der Waals surface area contributed by atoms with Crippen molar-refractivity contribution in [1.82, 2.24) is 9.88 Å². The minimum atomic E-state index is 0.325. The molecule has 3 rings (SSSR count). The lowest BCUT2D eigenvalue weighted by Gasteiger charge is -2.35. The summed E-state index contributed by atoms with van der Waals surface area (Å²) in [7, 11) is 0. The van der Waals surface area contributed by atoms with Crippen molar-refractivity contribution in [2.45, 2.75) is 18.9 Å². The molecule has 3 heterocycles. The van der Waals surface area contributed by atoms with E-state index in [1.165, 1.54) is 6.42 Å². The molecule has 0 amide bonds. The molecular formula is C16H24ClN3O2. The lowest BCUT2D eigenvalue weighted by Crippen LogP contribution is -2.47. The Bertz CT molecular complexity index is 460. The predicted octanol–water partition coefficient (Wildman–Crippen LogP) is 2.05. The summed E-state index contributed by atoms with van der Waals surface area (Å²) in [5, 5.41) is 0.558. The number of hydrogen-bond donors (Lipinski definition) is 0. The lowest BCUT2D eigenvalue weighted by molar-refractivity contribution is 0.0101. The van der Waals surface area contributed by atoms with Gasteiger partial charge in [-0.05, 0) is 25.0 Å². The molecule has 1 atom stereocenters. The van der Waals surface area contributed by atoms with Gasteiger partial charge in [0.15, 0.2) is 0 Å². The van der Waals surface area contributed by atoms with Gasteiger partial charge in [-0.3, -0.25) is 4.90 Å². The molecule has 0 aromatic carbocycles. The summed E-state index contributed by atoms with van der Waals surface area (Å²) in [5.74, 6) is 0.974. The van der Waals surface area contributed by atoms with Gasteiger partial charge in [0.2, 0.25) is 0 Å². The fourth-order valence-corrected chi connectivity index (χ4v) is 3.12. The highest BCUT2D eigenvalue weighted by atomic mass is 35.5. The maximum Gasteiger partial charge on any atom is 0.131 e. The second-order valence-electron chi connectivity index (χ2n) is 5.86. The number of pyridine rings is 1. The molecule has 0 aliphatic carbocycles. The van der Waals surface area contributed by atoms with E-state index in [0.717, 1.165) is 64.8 Å². The van der Waals surface area contributed by atoms with E-state index in [0.29, 0.717) is 11.3 Å². The number of hydrogen-bond acceptors (Lipinski definition) is 5. The molecule has 22 heavy (non-hydrogen) atoms. The number of rotatable bonds is 6. The van der Waals surface area contributed by atoms with Gasteiger partial charge in [0.25, 0.3) is 0 Å². The maximum atomic E-state index is 5.96. The summed E-state index contributed by atoms with van der Waals surface area (Å²) < 4.78 is 11.3. The molecule has 122 valence electrons. The molecule has 5 nitrogen and oxygen atoms in total. The summed E-state index contributed by atoms with van der Waals surface area (Å²) in [5.41, 5.74) is 0. The largest absolute Gasteiger partial charge is 0.377 e. The standard InChI is InChI=1S/C16H24ClN3O2/c17-15-4-1-5-16(18-15)20-8-6-19(7-9-20)10-12-21-13-14-3-2-11-22-14/h1,4-5,14H,2-3,6-13H2/t14-/m1/s1. The van der Waals surface area contributed by atoms with Crippen molar-refractivity contribution in [3.63, 3.8) is 0 Å². The zero-order chi connectivity index (χ0) is 15.2. The summed E-state index contributed by atoms with van der Waals surface area (Å²) >= 11 is 5.96. The van der Waals surface area contributed by atoms with Crippen LogP contribution >= 0.6 is 11.6 Å². The Kier molecular flexibility index (Phi) is 5.89. The van der Waals surface area contributed by atoms with Crippen molar-refractivity contribution >= 4 is 17.4 Å². The number of halogens is 1. The second kappa shape index (κ2) is 8.11. The van der Waals surface area contributed by atoms with E-state index in [1.807, 2.05) is 18.2 Å². The number of ether oxygens (including phenoxy) is 2. The Hall–Kier alpha value is -0.880. The molecule has 0 unspecified atom stereocenters. The molecule has 2 saturated heterocycles. The quantitative estimate of drug-likeness (QED) is 0.591. The molecule has 0 N–H and O–H groups in total. The molecule has 0 spiro atoms. The monoisotopic (exact) mass is 325 g/mol. The topological polar surface area (TPSA) is 37.8 Å². The highest BCUT2D eigenvalue weighted by molar-refractivity contribution is 6.29. The lowest BCUT2D eigenvalue weighted by atomic mass is 10.2. The molecule has 0 radical (unpaired) electrons. The van der Waals surface area contributed by atoms with Crippen molar-refractivity contribution in [3.8, 4) is 0 Å². The van der Waals surface area contributed by atoms with Crippen LogP contribution < -0.4 is 4.90 Å². The molecule has 2 aliphatic heterocycles. The van der Waals surface area contributed by atoms with Crippen molar-refractivity contribution in [1.29, 1.82) is 0 Å². The molecular weight excluding hydrogens is 302 g/mol. The van der Waals surface area contributed by atoms with Crippen LogP contribution in [0.15, 0.2) is 18.2 Å². The molecule has 1 aromatic heterocycles. The minimum absolute atomic E-state index is 0.325. The predicted molar refractivity (Wildman–Crippen MR) is 87.7 cm³/mol. The van der Waals surface area contributed by atoms with E-state index in [9.17, 15) is 0 Å². The molecule has 0 saturated carbocycles. The third kappa shape index (κ3) is 4.56. The Morgan fingerprint density at radius 1 is 1.27 bits per heavy atom. The molecule has 6 heteroatoms. The van der Waals surface area contributed by atoms with Gasteiger partial charge in [-0.1, -0.05) is 17.7 Å². The number of aromatic nitrogens is 1. The van der Waals surface area contributed by atoms with Crippen LogP contribution in [0.4, 0.5) is 5.82 Å². The highest BCUT2D eigenvalue weighted by Gasteiger charge is 2.19. The number of nitrogens with zero attached hydrogens (tertiary/aromatic N) is 3. The first-order valence-electron chi connectivity index (χ1n) is 8.10. The van der Waals surface area contributed by atoms with Crippen LogP contribution in [0.2, 0.25) is 5.15 Å². The number of piperazine rings is 1. The van der Waals surface area contributed by atoms with Crippen LogP contribution in [0.5, 0.6) is 0 Å². The average Bonchev–Trinajstić information content (AvgIpc) is 3.06. The van der Waals surface area contributed by atoms with Gasteiger partial charge in [-0.25, -0.2) is 4.98 Å². The van der Waals surface area contributed by atoms with E-state index in [2.05, 4.69) is 14.8 Å². The van der Waals surface area contributed by atoms with Crippen LogP contribution in [0.3, 0.4) is 0 Å². The van der Waals surface area contributed by atoms with E-state index in [4.69, 9.17) is 21.1 Å². The van der Waals surface area contributed by atoms with Gasteiger partial charge in [-0.15, -0.1) is 0 Å². The van der Waals surface area contributed by atoms with Crippen LogP contribution in [0.1, 0.15) is 12.8 Å². The van der Waals surface area contributed by atoms with Gasteiger partial charge < -0.3 is 14.4 Å². The molecule has 1 aromatic rings. The van der Waals surface area contributed by atoms with Crippen molar-refractivity contribution in [2.75, 3.05) is 57.4 Å². The first kappa shape index (κ1) is 16.0. The van der Waals surface area contributed by atoms with Crippen molar-refractivity contribution < 1.29 is 9.47 Å². The van der Waals surface area contributed by atoms with Crippen molar-refractivity contribution in [2.24, 2.45) is 0 Å². The molecule has 2 fully saturated rings. The van der Waals surface area contributed by atoms with Gasteiger partial charge in [0.05, 0.1) is 19.3 Å². The Morgan fingerprint density at radius 3 is 2.86 bits per heavy atom. The molecule has 2 aliphatic rings. The van der Waals surface area contributed by atoms with E-state index in [-0.39, 0.29) is 0 Å². The third-order valence-electron chi connectivity index (χ3n) is 4.28. The van der Waals surface area contributed by atoms with Crippen LogP contribution in [-0.4, -0.2) is 68.5 Å². The molecule has 0 bridgehead atoms. The Labute approximate surface area is 137 Å². The Balaban J connectivity index is 1.33. The van der Waals surface area contributed by atoms with Gasteiger partial charge in [-0.2, -0.15) is 0 Å². The number of anilines is 1. The fourth-order valence-electron chi connectivity index (χ4n) is 2.96. The Morgan fingerprint density at radius 2 is 2.14 bits per heavy atom. The summed E-state index contributed by atoms with van der Waals surface area (Å²) in [6.07, 6.45) is 2.64. The van der Waals surface area contributed by atoms with Gasteiger partial charge in [0.1, 0.15) is 11.0 Å². The summed E-state index contributed by atoms with van der Waals surface area (Å²) in [6, 6.07) is 5.79. The van der Waals surface area contributed by atoms with E-state index < -0.39 is 0 Å². The van der Waals surface area contributed by atoms with E-state index >= 15 is 0 Å². The minimum Gasteiger partial charge on any atom is -0.377 e. The van der Waals surface area contributed by atoms with Crippen LogP contribution in [0.25, 0.3) is 0 Å². The second-order valence-corrected chi connectivity index (χ2v) is 6.24. The normalized spacial score (nSPS) is 23.1. The SMILES string of the molecule is Clc1cccc(N2CCN(CCOC[C@H]3CCCO3)CC2)n1. The summed E-state index contributed by atoms with van der Waals surface area (Å²) in [4.78, 5) is 9.10. The first-order valence-corrected chi connectivity index (χ1v) is 8.48. The third-order valence-corrected chi connectivity index (χ3v) is 4.49. The summed E-state index contributed by atoms with van der Waals surface area (Å²) in [6.45, 7) is 7.46. The van der Waals surface area contributed by atoms with Gasteiger partial charge >= 0.3 is 0 Å². The first-order chi connectivity index (χ1) is 10.8. The highest BCUT2D eigenvalue weighted by Crippen LogP contribution is 2.16. The van der Waals surface area contributed by atoms with Crippen LogP contribution in [-0.2, 0) is 9.47 Å². The zero-order valence-electron chi connectivity index (χ0n) is 12.9.